The van der Waals surface area contributed by atoms with Crippen LogP contribution in [-0.4, -0.2) is 23.2 Å². The molecule has 0 amide bonds. The van der Waals surface area contributed by atoms with Gasteiger partial charge in [-0.1, -0.05) is 18.2 Å². The van der Waals surface area contributed by atoms with Crippen molar-refractivity contribution in [1.82, 2.24) is 0 Å². The predicted octanol–water partition coefficient (Wildman–Crippen LogP) is 3.02. The number of hydrogen-bond acceptors (Lipinski definition) is 3. The van der Waals surface area contributed by atoms with E-state index in [2.05, 4.69) is 6.58 Å². The molecule has 0 saturated heterocycles. The zero-order valence-corrected chi connectivity index (χ0v) is 11.2. The molecule has 2 atom stereocenters. The first-order chi connectivity index (χ1) is 8.59. The number of hydrogen-bond donors (Lipinski definition) is 0. The molecule has 0 aromatic heterocycles. The average molecular weight is 271 g/mol. The lowest BCUT2D eigenvalue weighted by Gasteiger charge is -2.60. The standard InChI is InChI=1S/C14H19ClO3/c1-2-12(16)18-14-6-10-3-11(7-14)5-13(4-10,8-14)17-9-15/h2,10-11H,1,3-9H2. The zero-order chi connectivity index (χ0) is 12.8. The molecule has 18 heavy (non-hydrogen) atoms. The third-order valence-electron chi connectivity index (χ3n) is 4.80. The van der Waals surface area contributed by atoms with Gasteiger partial charge < -0.3 is 9.47 Å². The summed E-state index contributed by atoms with van der Waals surface area (Å²) in [5.74, 6) is 0.928. The summed E-state index contributed by atoms with van der Waals surface area (Å²) in [7, 11) is 0. The van der Waals surface area contributed by atoms with Crippen LogP contribution in [0.25, 0.3) is 0 Å². The second kappa shape index (κ2) is 4.24. The SMILES string of the molecule is C=CC(=O)OC12CC3CC(CC(OCCl)(C3)C1)C2. The Morgan fingerprint density at radius 3 is 2.44 bits per heavy atom. The quantitative estimate of drug-likeness (QED) is 0.447. The lowest BCUT2D eigenvalue weighted by molar-refractivity contribution is -0.226. The van der Waals surface area contributed by atoms with E-state index < -0.39 is 0 Å². The Morgan fingerprint density at radius 2 is 1.89 bits per heavy atom. The van der Waals surface area contributed by atoms with Crippen molar-refractivity contribution in [2.45, 2.75) is 49.7 Å². The molecule has 0 aliphatic heterocycles. The van der Waals surface area contributed by atoms with Gasteiger partial charge in [-0.05, 0) is 43.9 Å². The highest BCUT2D eigenvalue weighted by Crippen LogP contribution is 2.60. The molecule has 2 unspecified atom stereocenters. The third-order valence-corrected chi connectivity index (χ3v) is 4.91. The Balaban J connectivity index is 1.84. The molecule has 4 aliphatic rings. The van der Waals surface area contributed by atoms with Gasteiger partial charge in [0.15, 0.2) is 0 Å². The highest BCUT2D eigenvalue weighted by molar-refractivity contribution is 6.17. The smallest absolute Gasteiger partial charge is 0.330 e. The molecule has 4 rings (SSSR count). The average Bonchev–Trinajstić information content (AvgIpc) is 2.26. The highest BCUT2D eigenvalue weighted by atomic mass is 35.5. The van der Waals surface area contributed by atoms with Crippen molar-refractivity contribution < 1.29 is 14.3 Å². The number of alkyl halides is 1. The maximum Gasteiger partial charge on any atom is 0.330 e. The number of halogens is 1. The minimum atomic E-state index is -0.318. The molecular formula is C14H19ClO3. The van der Waals surface area contributed by atoms with Gasteiger partial charge in [-0.2, -0.15) is 0 Å². The molecule has 0 aromatic rings. The van der Waals surface area contributed by atoms with Gasteiger partial charge in [0.2, 0.25) is 0 Å². The molecule has 3 nitrogen and oxygen atoms in total. The number of carbonyl (C=O) groups is 1. The summed E-state index contributed by atoms with van der Waals surface area (Å²) >= 11 is 5.77. The summed E-state index contributed by atoms with van der Waals surface area (Å²) in [6.07, 6.45) is 7.42. The maximum atomic E-state index is 11.6. The summed E-state index contributed by atoms with van der Waals surface area (Å²) in [5.41, 5.74) is -0.464. The summed E-state index contributed by atoms with van der Waals surface area (Å²) in [6.45, 7) is 3.49. The Hall–Kier alpha value is -0.540. The maximum absolute atomic E-state index is 11.6. The predicted molar refractivity (Wildman–Crippen MR) is 68.2 cm³/mol. The molecule has 4 heteroatoms. The minimum absolute atomic E-state index is 0.146. The minimum Gasteiger partial charge on any atom is -0.456 e. The Morgan fingerprint density at radius 1 is 1.28 bits per heavy atom. The van der Waals surface area contributed by atoms with Crippen LogP contribution in [0, 0.1) is 11.8 Å². The lowest BCUT2D eigenvalue weighted by Crippen LogP contribution is -2.61. The molecule has 100 valence electrons. The molecule has 0 aromatic carbocycles. The fraction of sp³-hybridized carbons (Fsp3) is 0.786. The molecular weight excluding hydrogens is 252 g/mol. The zero-order valence-electron chi connectivity index (χ0n) is 10.5. The van der Waals surface area contributed by atoms with E-state index in [1.165, 1.54) is 12.5 Å². The van der Waals surface area contributed by atoms with Crippen LogP contribution in [0.4, 0.5) is 0 Å². The normalized spacial score (nSPS) is 44.9. The summed E-state index contributed by atoms with van der Waals surface area (Å²) < 4.78 is 11.5. The number of rotatable bonds is 4. The molecule has 4 aliphatic carbocycles. The van der Waals surface area contributed by atoms with Crippen LogP contribution >= 0.6 is 11.6 Å². The van der Waals surface area contributed by atoms with Gasteiger partial charge in [-0.15, -0.1) is 0 Å². The molecule has 0 radical (unpaired) electrons. The second-order valence-corrected chi connectivity index (χ2v) is 6.42. The fourth-order valence-electron chi connectivity index (χ4n) is 4.76. The lowest BCUT2D eigenvalue weighted by atomic mass is 9.52. The first-order valence-electron chi connectivity index (χ1n) is 6.64. The van der Waals surface area contributed by atoms with Gasteiger partial charge in [0.1, 0.15) is 11.7 Å². The van der Waals surface area contributed by atoms with Gasteiger partial charge in [0.25, 0.3) is 0 Å². The number of carbonyl (C=O) groups excluding carboxylic acids is 1. The Bertz CT molecular complexity index is 365. The second-order valence-electron chi connectivity index (χ2n) is 6.21. The van der Waals surface area contributed by atoms with E-state index >= 15 is 0 Å². The number of ether oxygens (including phenoxy) is 2. The highest BCUT2D eigenvalue weighted by Gasteiger charge is 2.60. The molecule has 4 bridgehead atoms. The van der Waals surface area contributed by atoms with E-state index in [-0.39, 0.29) is 23.2 Å². The summed E-state index contributed by atoms with van der Waals surface area (Å²) in [4.78, 5) is 11.6. The van der Waals surface area contributed by atoms with E-state index in [4.69, 9.17) is 21.1 Å². The van der Waals surface area contributed by atoms with E-state index in [1.54, 1.807) is 0 Å². The fourth-order valence-corrected chi connectivity index (χ4v) is 4.99. The van der Waals surface area contributed by atoms with Crippen molar-refractivity contribution in [1.29, 1.82) is 0 Å². The van der Waals surface area contributed by atoms with Crippen LogP contribution in [0.5, 0.6) is 0 Å². The van der Waals surface area contributed by atoms with Crippen LogP contribution in [0.2, 0.25) is 0 Å². The van der Waals surface area contributed by atoms with Gasteiger partial charge in [0, 0.05) is 12.5 Å². The topological polar surface area (TPSA) is 35.5 Å². The molecule has 0 spiro atoms. The van der Waals surface area contributed by atoms with E-state index in [9.17, 15) is 4.79 Å². The van der Waals surface area contributed by atoms with Crippen LogP contribution in [-0.2, 0) is 14.3 Å². The monoisotopic (exact) mass is 270 g/mol. The molecule has 0 heterocycles. The summed E-state index contributed by atoms with van der Waals surface area (Å²) in [6, 6.07) is 0.227. The van der Waals surface area contributed by atoms with Gasteiger partial charge in [-0.25, -0.2) is 4.79 Å². The largest absolute Gasteiger partial charge is 0.456 e. The molecule has 4 fully saturated rings. The van der Waals surface area contributed by atoms with E-state index in [1.807, 2.05) is 0 Å². The van der Waals surface area contributed by atoms with Gasteiger partial charge in [-0.3, -0.25) is 0 Å². The van der Waals surface area contributed by atoms with Crippen molar-refractivity contribution in [2.24, 2.45) is 11.8 Å². The Kier molecular flexibility index (Phi) is 2.94. The van der Waals surface area contributed by atoms with Crippen molar-refractivity contribution in [3.05, 3.63) is 12.7 Å². The summed E-state index contributed by atoms with van der Waals surface area (Å²) in [5, 5.41) is 0. The van der Waals surface area contributed by atoms with E-state index in [0.717, 1.165) is 32.1 Å². The van der Waals surface area contributed by atoms with Gasteiger partial charge >= 0.3 is 5.97 Å². The van der Waals surface area contributed by atoms with Crippen LogP contribution in [0.3, 0.4) is 0 Å². The van der Waals surface area contributed by atoms with Crippen LogP contribution in [0.1, 0.15) is 38.5 Å². The van der Waals surface area contributed by atoms with E-state index in [0.29, 0.717) is 11.8 Å². The third kappa shape index (κ3) is 1.97. The van der Waals surface area contributed by atoms with Gasteiger partial charge in [0.05, 0.1) is 5.60 Å². The molecule has 0 N–H and O–H groups in total. The first kappa shape index (κ1) is 12.5. The van der Waals surface area contributed by atoms with Crippen LogP contribution < -0.4 is 0 Å². The van der Waals surface area contributed by atoms with Crippen LogP contribution in [0.15, 0.2) is 12.7 Å². The number of esters is 1. The van der Waals surface area contributed by atoms with Crippen molar-refractivity contribution in [2.75, 3.05) is 6.07 Å². The van der Waals surface area contributed by atoms with Crippen molar-refractivity contribution in [3.8, 4) is 0 Å². The first-order valence-corrected chi connectivity index (χ1v) is 7.17. The van der Waals surface area contributed by atoms with Crippen molar-refractivity contribution >= 4 is 17.6 Å². The van der Waals surface area contributed by atoms with Crippen molar-refractivity contribution in [3.63, 3.8) is 0 Å². The molecule has 4 saturated carbocycles. The Labute approximate surface area is 112 Å².